The number of benzene rings is 1. The van der Waals surface area contributed by atoms with Crippen LogP contribution in [-0.2, 0) is 18.0 Å². The van der Waals surface area contributed by atoms with Gasteiger partial charge in [-0.1, -0.05) is 17.7 Å². The number of carboxylic acid groups (broad SMARTS) is 1. The molecule has 16 heavy (non-hydrogen) atoms. The molecule has 0 saturated carbocycles. The van der Waals surface area contributed by atoms with Gasteiger partial charge in [-0.25, -0.2) is 0 Å². The minimum absolute atomic E-state index is 0.00870. The first kappa shape index (κ1) is 14.4. The molecule has 0 radical (unpaired) electrons. The Morgan fingerprint density at radius 3 is 1.75 bits per heavy atom. The van der Waals surface area contributed by atoms with Crippen LogP contribution in [0.1, 0.15) is 23.6 Å². The van der Waals surface area contributed by atoms with E-state index < -0.39 is 5.97 Å². The standard InChI is InChI=1S/C9H12O3.C2H4O2/c1-6-2-7(4-10)9(12)8(3-6)5-11;1-2(3)4/h2-3,10-12H,4-5H2,1H3;1H3,(H,3,4). The molecular weight excluding hydrogens is 212 g/mol. The van der Waals surface area contributed by atoms with Gasteiger partial charge >= 0.3 is 0 Å². The lowest BCUT2D eigenvalue weighted by atomic mass is 10.1. The van der Waals surface area contributed by atoms with Crippen LogP contribution in [-0.4, -0.2) is 26.4 Å². The lowest BCUT2D eigenvalue weighted by molar-refractivity contribution is -0.134. The third kappa shape index (κ3) is 4.77. The molecule has 0 unspecified atom stereocenters. The second-order valence-electron chi connectivity index (χ2n) is 3.27. The first-order chi connectivity index (χ1) is 7.42. The largest absolute Gasteiger partial charge is 0.507 e. The Morgan fingerprint density at radius 1 is 1.19 bits per heavy atom. The lowest BCUT2D eigenvalue weighted by Gasteiger charge is -2.07. The molecule has 1 aromatic rings. The molecule has 0 aliphatic heterocycles. The maximum Gasteiger partial charge on any atom is 0.300 e. The Labute approximate surface area is 93.6 Å². The molecule has 0 saturated heterocycles. The van der Waals surface area contributed by atoms with Crippen LogP contribution in [0.2, 0.25) is 0 Å². The molecule has 0 amide bonds. The molecule has 0 bridgehead atoms. The van der Waals surface area contributed by atoms with Crippen molar-refractivity contribution in [1.82, 2.24) is 0 Å². The van der Waals surface area contributed by atoms with E-state index in [4.69, 9.17) is 20.1 Å². The average molecular weight is 228 g/mol. The number of phenols is 1. The monoisotopic (exact) mass is 228 g/mol. The minimum atomic E-state index is -0.833. The molecule has 0 aliphatic carbocycles. The average Bonchev–Trinajstić information content (AvgIpc) is 2.20. The van der Waals surface area contributed by atoms with Crippen LogP contribution in [0.3, 0.4) is 0 Å². The summed E-state index contributed by atoms with van der Waals surface area (Å²) in [6.07, 6.45) is 0. The molecule has 0 heterocycles. The van der Waals surface area contributed by atoms with Crippen LogP contribution in [0.5, 0.6) is 5.75 Å². The normalized spacial score (nSPS) is 9.25. The molecule has 1 rings (SSSR count). The van der Waals surface area contributed by atoms with Gasteiger partial charge in [0.25, 0.3) is 5.97 Å². The SMILES string of the molecule is CC(=O)O.Cc1cc(CO)c(O)c(CO)c1. The second kappa shape index (κ2) is 6.81. The zero-order valence-corrected chi connectivity index (χ0v) is 9.27. The van der Waals surface area contributed by atoms with Crippen LogP contribution in [0, 0.1) is 6.92 Å². The first-order valence-corrected chi connectivity index (χ1v) is 4.65. The van der Waals surface area contributed by atoms with E-state index in [0.29, 0.717) is 11.1 Å². The summed E-state index contributed by atoms with van der Waals surface area (Å²) in [6.45, 7) is 2.51. The van der Waals surface area contributed by atoms with Gasteiger partial charge in [0.15, 0.2) is 0 Å². The van der Waals surface area contributed by atoms with Crippen molar-refractivity contribution in [1.29, 1.82) is 0 Å². The Hall–Kier alpha value is -1.59. The lowest BCUT2D eigenvalue weighted by Crippen LogP contribution is -1.92. The van der Waals surface area contributed by atoms with E-state index in [0.717, 1.165) is 12.5 Å². The number of aryl methyl sites for hydroxylation is 1. The van der Waals surface area contributed by atoms with Gasteiger partial charge in [-0.3, -0.25) is 4.79 Å². The second-order valence-corrected chi connectivity index (χ2v) is 3.27. The number of hydrogen-bond donors (Lipinski definition) is 4. The van der Waals surface area contributed by atoms with Gasteiger partial charge in [0, 0.05) is 18.1 Å². The summed E-state index contributed by atoms with van der Waals surface area (Å²) >= 11 is 0. The van der Waals surface area contributed by atoms with Gasteiger partial charge in [0.2, 0.25) is 0 Å². The number of carbonyl (C=O) groups is 1. The summed E-state index contributed by atoms with van der Waals surface area (Å²) in [4.78, 5) is 9.00. The van der Waals surface area contributed by atoms with E-state index >= 15 is 0 Å². The summed E-state index contributed by atoms with van der Waals surface area (Å²) in [6, 6.07) is 3.38. The third-order valence-corrected chi connectivity index (χ3v) is 1.75. The summed E-state index contributed by atoms with van der Waals surface area (Å²) in [5.41, 5.74) is 1.83. The van der Waals surface area contributed by atoms with Crippen molar-refractivity contribution < 1.29 is 25.2 Å². The highest BCUT2D eigenvalue weighted by Gasteiger charge is 2.06. The quantitative estimate of drug-likeness (QED) is 0.599. The molecule has 0 fully saturated rings. The molecule has 0 aromatic heterocycles. The van der Waals surface area contributed by atoms with E-state index in [-0.39, 0.29) is 19.0 Å². The van der Waals surface area contributed by atoms with Crippen LogP contribution < -0.4 is 0 Å². The molecule has 0 aliphatic rings. The summed E-state index contributed by atoms with van der Waals surface area (Å²) in [5, 5.41) is 34.5. The Bertz CT molecular complexity index is 330. The molecule has 4 N–H and O–H groups in total. The predicted molar refractivity (Wildman–Crippen MR) is 58.0 cm³/mol. The number of aliphatic hydroxyl groups excluding tert-OH is 2. The van der Waals surface area contributed by atoms with Crippen molar-refractivity contribution in [2.75, 3.05) is 0 Å². The highest BCUT2D eigenvalue weighted by molar-refractivity contribution is 5.62. The first-order valence-electron chi connectivity index (χ1n) is 4.65. The molecule has 1 aromatic carbocycles. The van der Waals surface area contributed by atoms with Crippen molar-refractivity contribution in [2.45, 2.75) is 27.1 Å². The van der Waals surface area contributed by atoms with Gasteiger partial charge in [0.1, 0.15) is 5.75 Å². The number of rotatable bonds is 2. The van der Waals surface area contributed by atoms with Gasteiger partial charge in [-0.05, 0) is 6.92 Å². The summed E-state index contributed by atoms with van der Waals surface area (Å²) in [5.74, 6) is -0.842. The highest BCUT2D eigenvalue weighted by Crippen LogP contribution is 2.24. The van der Waals surface area contributed by atoms with Crippen LogP contribution in [0.4, 0.5) is 0 Å². The molecule has 0 spiro atoms. The number of carboxylic acids is 1. The summed E-state index contributed by atoms with van der Waals surface area (Å²) in [7, 11) is 0. The van der Waals surface area contributed by atoms with Crippen molar-refractivity contribution in [3.63, 3.8) is 0 Å². The minimum Gasteiger partial charge on any atom is -0.507 e. The maximum atomic E-state index is 9.39. The van der Waals surface area contributed by atoms with E-state index in [1.807, 2.05) is 6.92 Å². The molecular formula is C11H16O5. The molecule has 5 heteroatoms. The van der Waals surface area contributed by atoms with Crippen molar-refractivity contribution in [3.05, 3.63) is 28.8 Å². The van der Waals surface area contributed by atoms with Gasteiger partial charge in [0.05, 0.1) is 13.2 Å². The molecule has 0 atom stereocenters. The Balaban J connectivity index is 0.000000487. The smallest absolute Gasteiger partial charge is 0.300 e. The fraction of sp³-hybridized carbons (Fsp3) is 0.364. The molecule has 5 nitrogen and oxygen atoms in total. The Kier molecular flexibility index (Phi) is 6.14. The van der Waals surface area contributed by atoms with Crippen LogP contribution >= 0.6 is 0 Å². The van der Waals surface area contributed by atoms with Crippen molar-refractivity contribution >= 4 is 5.97 Å². The number of hydrogen-bond acceptors (Lipinski definition) is 4. The predicted octanol–water partition coefficient (Wildman–Crippen LogP) is 0.776. The van der Waals surface area contributed by atoms with Crippen LogP contribution in [0.15, 0.2) is 12.1 Å². The number of aromatic hydroxyl groups is 1. The maximum absolute atomic E-state index is 9.39. The van der Waals surface area contributed by atoms with E-state index in [9.17, 15) is 5.11 Å². The topological polar surface area (TPSA) is 98.0 Å². The van der Waals surface area contributed by atoms with Gasteiger partial charge < -0.3 is 20.4 Å². The number of aliphatic carboxylic acids is 1. The fourth-order valence-corrected chi connectivity index (χ4v) is 1.18. The third-order valence-electron chi connectivity index (χ3n) is 1.75. The Morgan fingerprint density at radius 2 is 1.50 bits per heavy atom. The van der Waals surface area contributed by atoms with Gasteiger partial charge in [-0.15, -0.1) is 0 Å². The van der Waals surface area contributed by atoms with Crippen molar-refractivity contribution in [3.8, 4) is 5.75 Å². The van der Waals surface area contributed by atoms with Crippen molar-refractivity contribution in [2.24, 2.45) is 0 Å². The number of aliphatic hydroxyl groups is 2. The zero-order chi connectivity index (χ0) is 12.7. The molecule has 90 valence electrons. The van der Waals surface area contributed by atoms with E-state index in [1.54, 1.807) is 12.1 Å². The zero-order valence-electron chi connectivity index (χ0n) is 9.27. The fourth-order valence-electron chi connectivity index (χ4n) is 1.18. The summed E-state index contributed by atoms with van der Waals surface area (Å²) < 4.78 is 0. The van der Waals surface area contributed by atoms with E-state index in [1.165, 1.54) is 0 Å². The van der Waals surface area contributed by atoms with Gasteiger partial charge in [-0.2, -0.15) is 0 Å². The highest BCUT2D eigenvalue weighted by atomic mass is 16.4. The van der Waals surface area contributed by atoms with Crippen LogP contribution in [0.25, 0.3) is 0 Å². The van der Waals surface area contributed by atoms with E-state index in [2.05, 4.69) is 0 Å².